The predicted molar refractivity (Wildman–Crippen MR) is 78.4 cm³/mol. The first-order valence-electron chi connectivity index (χ1n) is 7.33. The fourth-order valence-corrected chi connectivity index (χ4v) is 4.41. The largest absolute Gasteiger partial charge is 0.354 e. The third-order valence-corrected chi connectivity index (χ3v) is 6.11. The first-order valence-corrected chi connectivity index (χ1v) is 8.81. The van der Waals surface area contributed by atoms with Gasteiger partial charge in [0.1, 0.15) is 10.6 Å². The summed E-state index contributed by atoms with van der Waals surface area (Å²) in [5.41, 5.74) is 0.337. The molecule has 3 rings (SSSR count). The summed E-state index contributed by atoms with van der Waals surface area (Å²) in [6.07, 6.45) is 6.16. The zero-order valence-corrected chi connectivity index (χ0v) is 13.1. The maximum atomic E-state index is 12.4. The minimum absolute atomic E-state index is 0.0731. The molecule has 0 aromatic carbocycles. The molecule has 2 fully saturated rings. The molecular formula is C14H21N3O3S. The summed E-state index contributed by atoms with van der Waals surface area (Å²) in [5, 5.41) is 2.50. The number of nitrogens with zero attached hydrogens (tertiary/aromatic N) is 1. The minimum atomic E-state index is -3.54. The van der Waals surface area contributed by atoms with Gasteiger partial charge in [-0.25, -0.2) is 13.1 Å². The molecule has 2 atom stereocenters. The molecule has 1 heterocycles. The Kier molecular flexibility index (Phi) is 3.57. The zero-order valence-electron chi connectivity index (χ0n) is 12.3. The molecule has 0 spiro atoms. The number of sulfonamides is 1. The van der Waals surface area contributed by atoms with Gasteiger partial charge in [0.25, 0.3) is 5.91 Å². The summed E-state index contributed by atoms with van der Waals surface area (Å²) in [6, 6.07) is 1.49. The highest BCUT2D eigenvalue weighted by Crippen LogP contribution is 2.47. The average Bonchev–Trinajstić information content (AvgIpc) is 2.95. The van der Waals surface area contributed by atoms with E-state index in [4.69, 9.17) is 0 Å². The number of nitrogens with one attached hydrogen (secondary N) is 2. The van der Waals surface area contributed by atoms with Gasteiger partial charge in [-0.15, -0.1) is 0 Å². The zero-order chi connectivity index (χ0) is 15.2. The molecule has 1 aromatic rings. The molecule has 0 bridgehead atoms. The van der Waals surface area contributed by atoms with Crippen molar-refractivity contribution in [1.82, 2.24) is 14.6 Å². The van der Waals surface area contributed by atoms with Crippen molar-refractivity contribution >= 4 is 15.9 Å². The van der Waals surface area contributed by atoms with E-state index < -0.39 is 10.0 Å². The van der Waals surface area contributed by atoms with Gasteiger partial charge in [0, 0.05) is 26.3 Å². The summed E-state index contributed by atoms with van der Waals surface area (Å²) < 4.78 is 29.1. The molecule has 0 aliphatic heterocycles. The third kappa shape index (κ3) is 2.72. The fourth-order valence-electron chi connectivity index (χ4n) is 3.04. The second kappa shape index (κ2) is 5.14. The van der Waals surface area contributed by atoms with E-state index in [1.807, 2.05) is 0 Å². The lowest BCUT2D eigenvalue weighted by Crippen LogP contribution is -2.29. The van der Waals surface area contributed by atoms with Crippen LogP contribution in [0.4, 0.5) is 0 Å². The van der Waals surface area contributed by atoms with Crippen LogP contribution in [0.3, 0.4) is 0 Å². The van der Waals surface area contributed by atoms with Gasteiger partial charge in [-0.3, -0.25) is 4.79 Å². The molecule has 1 amide bonds. The molecule has 21 heavy (non-hydrogen) atoms. The number of carbonyl (C=O) groups excluding carboxylic acids is 1. The van der Waals surface area contributed by atoms with Gasteiger partial charge < -0.3 is 9.88 Å². The number of amides is 1. The normalized spacial score (nSPS) is 25.4. The van der Waals surface area contributed by atoms with Crippen molar-refractivity contribution in [3.05, 3.63) is 18.0 Å². The molecule has 1 aromatic heterocycles. The highest BCUT2D eigenvalue weighted by atomic mass is 32.2. The lowest BCUT2D eigenvalue weighted by molar-refractivity contribution is 0.0955. The fraction of sp³-hybridized carbons (Fsp3) is 0.643. The number of aryl methyl sites for hydroxylation is 1. The van der Waals surface area contributed by atoms with Gasteiger partial charge >= 0.3 is 0 Å². The SMILES string of the molecule is CNC(=O)c1cc(S(=O)(=O)N[C@@H]2C[C@H]2C2CCC2)cn1C. The Balaban J connectivity index is 1.72. The van der Waals surface area contributed by atoms with Crippen molar-refractivity contribution < 1.29 is 13.2 Å². The van der Waals surface area contributed by atoms with Gasteiger partial charge in [0.2, 0.25) is 10.0 Å². The molecule has 0 unspecified atom stereocenters. The highest BCUT2D eigenvalue weighted by molar-refractivity contribution is 7.89. The first-order chi connectivity index (χ1) is 9.92. The maximum Gasteiger partial charge on any atom is 0.267 e. The van der Waals surface area contributed by atoms with Gasteiger partial charge in [-0.1, -0.05) is 19.3 Å². The Bertz CT molecular complexity index is 661. The molecule has 2 N–H and O–H groups in total. The van der Waals surface area contributed by atoms with Crippen molar-refractivity contribution in [2.45, 2.75) is 36.6 Å². The Morgan fingerprint density at radius 2 is 2.10 bits per heavy atom. The third-order valence-electron chi connectivity index (χ3n) is 4.65. The smallest absolute Gasteiger partial charge is 0.267 e. The second-order valence-corrected chi connectivity index (χ2v) is 7.78. The standard InChI is InChI=1S/C14H21N3O3S/c1-15-14(18)13-6-10(8-17(13)2)21(19,20)16-12-7-11(12)9-4-3-5-9/h6,8-9,11-12,16H,3-5,7H2,1-2H3,(H,15,18)/t11-,12+/m0/s1. The average molecular weight is 311 g/mol. The lowest BCUT2D eigenvalue weighted by atomic mass is 9.81. The van der Waals surface area contributed by atoms with E-state index >= 15 is 0 Å². The van der Waals surface area contributed by atoms with Crippen LogP contribution in [0.1, 0.15) is 36.2 Å². The Hall–Kier alpha value is -1.34. The van der Waals surface area contributed by atoms with Crippen molar-refractivity contribution in [2.75, 3.05) is 7.05 Å². The Morgan fingerprint density at radius 3 is 2.67 bits per heavy atom. The predicted octanol–water partition coefficient (Wildman–Crippen LogP) is 0.852. The molecule has 2 saturated carbocycles. The summed E-state index contributed by atoms with van der Waals surface area (Å²) in [6.45, 7) is 0. The van der Waals surface area contributed by atoms with Gasteiger partial charge in [-0.05, 0) is 24.3 Å². The lowest BCUT2D eigenvalue weighted by Gasteiger charge is -2.25. The maximum absolute atomic E-state index is 12.4. The number of carbonyl (C=O) groups is 1. The highest BCUT2D eigenvalue weighted by Gasteiger charge is 2.46. The Labute approximate surface area is 125 Å². The van der Waals surface area contributed by atoms with E-state index in [2.05, 4.69) is 10.0 Å². The number of rotatable bonds is 5. The minimum Gasteiger partial charge on any atom is -0.354 e. The molecule has 0 saturated heterocycles. The van der Waals surface area contributed by atoms with Crippen LogP contribution in [0.5, 0.6) is 0 Å². The van der Waals surface area contributed by atoms with Crippen molar-refractivity contribution in [3.8, 4) is 0 Å². The quantitative estimate of drug-likeness (QED) is 0.846. The molecule has 116 valence electrons. The Morgan fingerprint density at radius 1 is 1.38 bits per heavy atom. The molecule has 0 radical (unpaired) electrons. The van der Waals surface area contributed by atoms with E-state index in [-0.39, 0.29) is 16.8 Å². The molecule has 7 heteroatoms. The number of hydrogen-bond acceptors (Lipinski definition) is 3. The van der Waals surface area contributed by atoms with Gasteiger partial charge in [0.05, 0.1) is 0 Å². The van der Waals surface area contributed by atoms with Gasteiger partial charge in [-0.2, -0.15) is 0 Å². The van der Waals surface area contributed by atoms with E-state index in [9.17, 15) is 13.2 Å². The van der Waals surface area contributed by atoms with Crippen LogP contribution in [-0.4, -0.2) is 32.0 Å². The molecule has 2 aliphatic rings. The van der Waals surface area contributed by atoms with Crippen LogP contribution in [0.2, 0.25) is 0 Å². The summed E-state index contributed by atoms with van der Waals surface area (Å²) >= 11 is 0. The van der Waals surface area contributed by atoms with Crippen molar-refractivity contribution in [3.63, 3.8) is 0 Å². The molecular weight excluding hydrogens is 290 g/mol. The monoisotopic (exact) mass is 311 g/mol. The van der Waals surface area contributed by atoms with Crippen LogP contribution in [-0.2, 0) is 17.1 Å². The van der Waals surface area contributed by atoms with Crippen molar-refractivity contribution in [2.24, 2.45) is 18.9 Å². The van der Waals surface area contributed by atoms with Crippen LogP contribution >= 0.6 is 0 Å². The van der Waals surface area contributed by atoms with Crippen LogP contribution in [0.25, 0.3) is 0 Å². The summed E-state index contributed by atoms with van der Waals surface area (Å²) in [7, 11) is -0.354. The number of hydrogen-bond donors (Lipinski definition) is 2. The van der Waals surface area contributed by atoms with Crippen molar-refractivity contribution in [1.29, 1.82) is 0 Å². The van der Waals surface area contributed by atoms with Crippen LogP contribution in [0.15, 0.2) is 17.2 Å². The number of aromatic nitrogens is 1. The van der Waals surface area contributed by atoms with E-state index in [1.165, 1.54) is 43.1 Å². The molecule has 2 aliphatic carbocycles. The van der Waals surface area contributed by atoms with Crippen LogP contribution in [0, 0.1) is 11.8 Å². The van der Waals surface area contributed by atoms with Crippen LogP contribution < -0.4 is 10.0 Å². The topological polar surface area (TPSA) is 80.2 Å². The summed E-state index contributed by atoms with van der Waals surface area (Å²) in [5.74, 6) is 0.920. The van der Waals surface area contributed by atoms with Gasteiger partial charge in [0.15, 0.2) is 0 Å². The van der Waals surface area contributed by atoms with E-state index in [0.717, 1.165) is 6.42 Å². The summed E-state index contributed by atoms with van der Waals surface area (Å²) in [4.78, 5) is 11.8. The molecule has 6 nitrogen and oxygen atoms in total. The second-order valence-electron chi connectivity index (χ2n) is 6.07. The van der Waals surface area contributed by atoms with E-state index in [1.54, 1.807) is 7.05 Å². The van der Waals surface area contributed by atoms with E-state index in [0.29, 0.717) is 17.5 Å². The first kappa shape index (κ1) is 14.6.